The number of hydrogen-bond acceptors (Lipinski definition) is 3. The molecule has 0 aliphatic carbocycles. The van der Waals surface area contributed by atoms with Crippen LogP contribution >= 0.6 is 23.2 Å². The van der Waals surface area contributed by atoms with Crippen molar-refractivity contribution in [2.75, 3.05) is 19.4 Å². The average molecular weight is 338 g/mol. The number of aliphatic imine (C=N–C) groups is 1. The number of nitrogens with zero attached hydrogens (tertiary/aromatic N) is 2. The molecule has 6 heteroatoms. The fourth-order valence-electron chi connectivity index (χ4n) is 1.82. The summed E-state index contributed by atoms with van der Waals surface area (Å²) in [4.78, 5) is 6.05. The predicted octanol–water partition coefficient (Wildman–Crippen LogP) is 4.53. The van der Waals surface area contributed by atoms with Crippen LogP contribution in [0.25, 0.3) is 0 Å². The van der Waals surface area contributed by atoms with Crippen LogP contribution in [0.2, 0.25) is 10.0 Å². The normalized spacial score (nSPS) is 10.9. The Bertz CT molecular complexity index is 664. The summed E-state index contributed by atoms with van der Waals surface area (Å²) in [5, 5.41) is 13.9. The molecule has 116 valence electrons. The second-order valence-electron chi connectivity index (χ2n) is 4.98. The highest BCUT2D eigenvalue weighted by Crippen LogP contribution is 2.36. The largest absolute Gasteiger partial charge is 0.508 e. The lowest BCUT2D eigenvalue weighted by molar-refractivity contribution is 0.469. The van der Waals surface area contributed by atoms with E-state index >= 15 is 0 Å². The number of phenols is 1. The second kappa shape index (κ2) is 7.38. The van der Waals surface area contributed by atoms with Crippen LogP contribution in [0.1, 0.15) is 5.56 Å². The van der Waals surface area contributed by atoms with Gasteiger partial charge in [-0.1, -0.05) is 41.4 Å². The molecule has 0 saturated carbocycles. The zero-order chi connectivity index (χ0) is 16.1. The Labute approximate surface area is 140 Å². The van der Waals surface area contributed by atoms with E-state index in [1.807, 2.05) is 26.2 Å². The summed E-state index contributed by atoms with van der Waals surface area (Å²) < 4.78 is 0. The number of halogens is 2. The SMILES string of the molecule is CN(C)C=Nc1c(Cl)cc(NCc2ccccc2O)cc1Cl. The molecule has 0 saturated heterocycles. The van der Waals surface area contributed by atoms with Crippen LogP contribution in [0.3, 0.4) is 0 Å². The molecule has 4 nitrogen and oxygen atoms in total. The molecule has 0 atom stereocenters. The summed E-state index contributed by atoms with van der Waals surface area (Å²) in [7, 11) is 3.74. The highest BCUT2D eigenvalue weighted by Gasteiger charge is 2.08. The summed E-state index contributed by atoms with van der Waals surface area (Å²) in [6, 6.07) is 10.7. The highest BCUT2D eigenvalue weighted by atomic mass is 35.5. The smallest absolute Gasteiger partial charge is 0.120 e. The Morgan fingerprint density at radius 3 is 2.41 bits per heavy atom. The third-order valence-corrected chi connectivity index (χ3v) is 3.49. The van der Waals surface area contributed by atoms with Crippen LogP contribution in [0.15, 0.2) is 41.4 Å². The van der Waals surface area contributed by atoms with Gasteiger partial charge in [0.2, 0.25) is 0 Å². The molecule has 2 aromatic rings. The second-order valence-corrected chi connectivity index (χ2v) is 5.79. The minimum absolute atomic E-state index is 0.249. The third kappa shape index (κ3) is 4.29. The Balaban J connectivity index is 2.15. The van der Waals surface area contributed by atoms with Crippen LogP contribution in [0.4, 0.5) is 11.4 Å². The topological polar surface area (TPSA) is 47.9 Å². The zero-order valence-electron chi connectivity index (χ0n) is 12.3. The standard InChI is InChI=1S/C16H17Cl2N3O/c1-21(2)10-20-16-13(17)7-12(8-14(16)18)19-9-11-5-3-4-6-15(11)22/h3-8,10,19,22H,9H2,1-2H3. The van der Waals surface area contributed by atoms with E-state index in [0.717, 1.165) is 11.3 Å². The van der Waals surface area contributed by atoms with E-state index < -0.39 is 0 Å². The van der Waals surface area contributed by atoms with E-state index in [9.17, 15) is 5.11 Å². The molecule has 22 heavy (non-hydrogen) atoms. The van der Waals surface area contributed by atoms with Gasteiger partial charge in [0.25, 0.3) is 0 Å². The molecular weight excluding hydrogens is 321 g/mol. The van der Waals surface area contributed by atoms with E-state index in [1.54, 1.807) is 35.5 Å². The zero-order valence-corrected chi connectivity index (χ0v) is 13.9. The van der Waals surface area contributed by atoms with Gasteiger partial charge in [0.1, 0.15) is 11.4 Å². The fourth-order valence-corrected chi connectivity index (χ4v) is 2.41. The van der Waals surface area contributed by atoms with Crippen molar-refractivity contribution in [2.24, 2.45) is 4.99 Å². The first-order chi connectivity index (χ1) is 10.5. The van der Waals surface area contributed by atoms with Gasteiger partial charge in [-0.15, -0.1) is 0 Å². The quantitative estimate of drug-likeness (QED) is 0.622. The molecule has 0 spiro atoms. The molecule has 0 aliphatic rings. The molecule has 2 rings (SSSR count). The number of para-hydroxylation sites is 1. The molecule has 0 bridgehead atoms. The van der Waals surface area contributed by atoms with Crippen LogP contribution in [-0.2, 0) is 6.54 Å². The van der Waals surface area contributed by atoms with Crippen molar-refractivity contribution in [1.29, 1.82) is 0 Å². The number of rotatable bonds is 5. The predicted molar refractivity (Wildman–Crippen MR) is 93.7 cm³/mol. The molecule has 0 radical (unpaired) electrons. The summed E-state index contributed by atoms with van der Waals surface area (Å²) in [5.41, 5.74) is 2.09. The first kappa shape index (κ1) is 16.5. The molecule has 0 unspecified atom stereocenters. The monoisotopic (exact) mass is 337 g/mol. The van der Waals surface area contributed by atoms with Crippen LogP contribution < -0.4 is 5.32 Å². The first-order valence-electron chi connectivity index (χ1n) is 6.68. The highest BCUT2D eigenvalue weighted by molar-refractivity contribution is 6.39. The Hall–Kier alpha value is -1.91. The van der Waals surface area contributed by atoms with Gasteiger partial charge in [-0.2, -0.15) is 0 Å². The molecular formula is C16H17Cl2N3O. The van der Waals surface area contributed by atoms with Crippen molar-refractivity contribution in [3.8, 4) is 5.75 Å². The minimum atomic E-state index is 0.249. The number of aromatic hydroxyl groups is 1. The Morgan fingerprint density at radius 1 is 1.18 bits per heavy atom. The molecule has 0 heterocycles. The summed E-state index contributed by atoms with van der Waals surface area (Å²) in [6.45, 7) is 0.472. The summed E-state index contributed by atoms with van der Waals surface area (Å²) >= 11 is 12.5. The van der Waals surface area contributed by atoms with Gasteiger partial charge in [-0.25, -0.2) is 4.99 Å². The van der Waals surface area contributed by atoms with E-state index in [4.69, 9.17) is 23.2 Å². The molecule has 2 N–H and O–H groups in total. The minimum Gasteiger partial charge on any atom is -0.508 e. The van der Waals surface area contributed by atoms with Gasteiger partial charge in [-0.3, -0.25) is 0 Å². The average Bonchev–Trinajstić information content (AvgIpc) is 2.45. The van der Waals surface area contributed by atoms with Gasteiger partial charge >= 0.3 is 0 Å². The lowest BCUT2D eigenvalue weighted by atomic mass is 10.2. The van der Waals surface area contributed by atoms with Gasteiger partial charge < -0.3 is 15.3 Å². The number of benzene rings is 2. The van der Waals surface area contributed by atoms with Crippen LogP contribution in [-0.4, -0.2) is 30.4 Å². The third-order valence-electron chi connectivity index (χ3n) is 2.91. The molecule has 0 aliphatic heterocycles. The lowest BCUT2D eigenvalue weighted by Crippen LogP contribution is -2.07. The van der Waals surface area contributed by atoms with Crippen molar-refractivity contribution in [2.45, 2.75) is 6.54 Å². The Morgan fingerprint density at radius 2 is 1.82 bits per heavy atom. The van der Waals surface area contributed by atoms with Gasteiger partial charge in [-0.05, 0) is 18.2 Å². The fraction of sp³-hybridized carbons (Fsp3) is 0.188. The molecule has 0 fully saturated rings. The number of nitrogens with one attached hydrogen (secondary N) is 1. The first-order valence-corrected chi connectivity index (χ1v) is 7.43. The Kier molecular flexibility index (Phi) is 5.52. The molecule has 0 amide bonds. The maximum Gasteiger partial charge on any atom is 0.120 e. The van der Waals surface area contributed by atoms with Crippen molar-refractivity contribution < 1.29 is 5.11 Å². The number of phenolic OH excluding ortho intramolecular Hbond substituents is 1. The van der Waals surface area contributed by atoms with E-state index in [2.05, 4.69) is 10.3 Å². The van der Waals surface area contributed by atoms with Crippen LogP contribution in [0.5, 0.6) is 5.75 Å². The van der Waals surface area contributed by atoms with E-state index in [-0.39, 0.29) is 5.75 Å². The van der Waals surface area contributed by atoms with E-state index in [0.29, 0.717) is 22.3 Å². The maximum atomic E-state index is 9.75. The molecule has 0 aromatic heterocycles. The maximum absolute atomic E-state index is 9.75. The summed E-state index contributed by atoms with van der Waals surface area (Å²) in [6.07, 6.45) is 1.64. The van der Waals surface area contributed by atoms with Crippen molar-refractivity contribution in [3.63, 3.8) is 0 Å². The lowest BCUT2D eigenvalue weighted by Gasteiger charge is -2.11. The number of hydrogen-bond donors (Lipinski definition) is 2. The van der Waals surface area contributed by atoms with Crippen molar-refractivity contribution >= 4 is 40.9 Å². The van der Waals surface area contributed by atoms with Gasteiger partial charge in [0, 0.05) is 31.9 Å². The van der Waals surface area contributed by atoms with Crippen molar-refractivity contribution in [1.82, 2.24) is 4.90 Å². The van der Waals surface area contributed by atoms with E-state index in [1.165, 1.54) is 0 Å². The molecule has 2 aromatic carbocycles. The summed E-state index contributed by atoms with van der Waals surface area (Å²) in [5.74, 6) is 0.249. The van der Waals surface area contributed by atoms with Gasteiger partial charge in [0.15, 0.2) is 0 Å². The number of anilines is 1. The van der Waals surface area contributed by atoms with Crippen molar-refractivity contribution in [3.05, 3.63) is 52.0 Å². The van der Waals surface area contributed by atoms with Gasteiger partial charge in [0.05, 0.1) is 16.4 Å². The van der Waals surface area contributed by atoms with Crippen LogP contribution in [0, 0.1) is 0 Å².